The van der Waals surface area contributed by atoms with E-state index in [2.05, 4.69) is 15.6 Å². The lowest BCUT2D eigenvalue weighted by molar-refractivity contribution is -0.116. The van der Waals surface area contributed by atoms with Gasteiger partial charge in [-0.25, -0.2) is 4.98 Å². The highest BCUT2D eigenvalue weighted by Gasteiger charge is 2.12. The van der Waals surface area contributed by atoms with Crippen LogP contribution in [0.5, 0.6) is 5.75 Å². The van der Waals surface area contributed by atoms with Gasteiger partial charge in [0.15, 0.2) is 0 Å². The average molecular weight is 560 g/mol. The van der Waals surface area contributed by atoms with E-state index in [1.807, 2.05) is 49.4 Å². The number of fused-ring (bicyclic) bond motifs is 1. The molecule has 8 heteroatoms. The lowest BCUT2D eigenvalue weighted by Crippen LogP contribution is -2.20. The van der Waals surface area contributed by atoms with Crippen molar-refractivity contribution in [1.82, 2.24) is 15.6 Å². The molecule has 6 nitrogen and oxygen atoms in total. The molecule has 4 rings (SSSR count). The molecule has 39 heavy (non-hydrogen) atoms. The van der Waals surface area contributed by atoms with E-state index in [9.17, 15) is 9.59 Å². The Bertz CT molecular complexity index is 1560. The van der Waals surface area contributed by atoms with Gasteiger partial charge >= 0.3 is 0 Å². The summed E-state index contributed by atoms with van der Waals surface area (Å²) in [4.78, 5) is 28.4. The van der Waals surface area contributed by atoms with Gasteiger partial charge < -0.3 is 15.4 Å². The number of nitrogens with zero attached hydrogens (tertiary/aromatic N) is 1. The molecular formula is C31H27Cl2N3O3. The van der Waals surface area contributed by atoms with Gasteiger partial charge in [0, 0.05) is 46.9 Å². The first-order chi connectivity index (χ1) is 18.9. The van der Waals surface area contributed by atoms with E-state index in [1.54, 1.807) is 49.5 Å². The molecule has 0 saturated heterocycles. The van der Waals surface area contributed by atoms with Gasteiger partial charge in [-0.3, -0.25) is 9.59 Å². The Balaban J connectivity index is 1.35. The van der Waals surface area contributed by atoms with Crippen LogP contribution in [-0.2, 0) is 11.4 Å². The molecule has 198 valence electrons. The van der Waals surface area contributed by atoms with Crippen LogP contribution in [0.25, 0.3) is 23.1 Å². The Kier molecular flexibility index (Phi) is 9.36. The van der Waals surface area contributed by atoms with Gasteiger partial charge in [0.1, 0.15) is 17.9 Å². The molecule has 0 saturated carbocycles. The second-order valence-corrected chi connectivity index (χ2v) is 9.47. The number of amides is 2. The Morgan fingerprint density at radius 1 is 0.974 bits per heavy atom. The first-order valence-electron chi connectivity index (χ1n) is 12.3. The van der Waals surface area contributed by atoms with E-state index < -0.39 is 0 Å². The van der Waals surface area contributed by atoms with Crippen LogP contribution in [0.2, 0.25) is 10.0 Å². The first kappa shape index (κ1) is 27.9. The molecule has 0 fully saturated rings. The van der Waals surface area contributed by atoms with Gasteiger partial charge in [-0.1, -0.05) is 71.8 Å². The molecule has 0 spiro atoms. The summed E-state index contributed by atoms with van der Waals surface area (Å²) in [7, 11) is 1.58. The predicted octanol–water partition coefficient (Wildman–Crippen LogP) is 6.63. The zero-order chi connectivity index (χ0) is 27.8. The number of ether oxygens (including phenoxy) is 1. The van der Waals surface area contributed by atoms with Crippen molar-refractivity contribution in [1.29, 1.82) is 0 Å². The van der Waals surface area contributed by atoms with Crippen molar-refractivity contribution < 1.29 is 14.3 Å². The number of para-hydroxylation sites is 1. The average Bonchev–Trinajstić information content (AvgIpc) is 2.95. The van der Waals surface area contributed by atoms with Gasteiger partial charge in [-0.05, 0) is 54.5 Å². The number of halogens is 2. The Morgan fingerprint density at radius 2 is 1.77 bits per heavy atom. The molecule has 1 heterocycles. The third-order valence-corrected chi connectivity index (χ3v) is 6.73. The minimum atomic E-state index is -0.245. The summed E-state index contributed by atoms with van der Waals surface area (Å²) in [6.45, 7) is 2.43. The summed E-state index contributed by atoms with van der Waals surface area (Å²) in [6.07, 6.45) is 6.76. The fraction of sp³-hybridized carbons (Fsp3) is 0.129. The molecule has 0 bridgehead atoms. The van der Waals surface area contributed by atoms with Crippen LogP contribution >= 0.6 is 23.2 Å². The number of aromatic nitrogens is 1. The number of carbonyl (C=O) groups is 2. The van der Waals surface area contributed by atoms with Crippen LogP contribution < -0.4 is 15.4 Å². The van der Waals surface area contributed by atoms with Gasteiger partial charge in [-0.2, -0.15) is 0 Å². The zero-order valence-corrected chi connectivity index (χ0v) is 23.0. The number of nitrogens with one attached hydrogen (secondary N) is 2. The van der Waals surface area contributed by atoms with Crippen molar-refractivity contribution in [2.24, 2.45) is 0 Å². The molecule has 2 amide bonds. The molecular weight excluding hydrogens is 533 g/mol. The normalized spacial score (nSPS) is 11.3. The molecule has 2 N–H and O–H groups in total. The number of carbonyl (C=O) groups excluding carboxylic acids is 2. The van der Waals surface area contributed by atoms with Gasteiger partial charge in [-0.15, -0.1) is 0 Å². The number of aryl methyl sites for hydroxylation is 1. The van der Waals surface area contributed by atoms with E-state index in [0.717, 1.165) is 27.7 Å². The van der Waals surface area contributed by atoms with Crippen LogP contribution in [0.1, 0.15) is 32.7 Å². The van der Waals surface area contributed by atoms with Crippen LogP contribution in [0.15, 0.2) is 78.9 Å². The third-order valence-electron chi connectivity index (χ3n) is 5.93. The number of rotatable bonds is 9. The van der Waals surface area contributed by atoms with Crippen molar-refractivity contribution in [3.8, 4) is 5.75 Å². The molecule has 0 unspecified atom stereocenters. The SMILES string of the molecule is CNC(=O)c1ccc(C=CC(=O)NC/C=C/c2ccc(Cl)c(COc3cccc4ccc(C)nc34)c2Cl)cc1. The maximum atomic E-state index is 12.2. The molecule has 0 atom stereocenters. The lowest BCUT2D eigenvalue weighted by atomic mass is 10.1. The molecule has 0 aliphatic rings. The standard InChI is InChI=1S/C31H27Cl2N3O3/c1-20-8-12-23-5-3-7-27(30(23)36-20)39-19-25-26(32)16-15-22(29(25)33)6-4-18-35-28(37)17-11-21-9-13-24(14-10-21)31(38)34-2/h3-17H,18-19H2,1-2H3,(H,34,38)(H,35,37)/b6-4+,17-11?. The lowest BCUT2D eigenvalue weighted by Gasteiger charge is -2.13. The molecule has 0 aliphatic carbocycles. The second-order valence-electron chi connectivity index (χ2n) is 8.68. The van der Waals surface area contributed by atoms with Crippen LogP contribution in [0, 0.1) is 6.92 Å². The van der Waals surface area contributed by atoms with Crippen molar-refractivity contribution in [3.05, 3.63) is 117 Å². The largest absolute Gasteiger partial charge is 0.487 e. The quantitative estimate of drug-likeness (QED) is 0.225. The Labute approximate surface area is 237 Å². The van der Waals surface area contributed by atoms with E-state index in [-0.39, 0.29) is 18.4 Å². The van der Waals surface area contributed by atoms with E-state index in [0.29, 0.717) is 33.5 Å². The smallest absolute Gasteiger partial charge is 0.251 e. The molecule has 0 aliphatic heterocycles. The number of pyridine rings is 1. The third kappa shape index (κ3) is 7.25. The topological polar surface area (TPSA) is 80.3 Å². The zero-order valence-electron chi connectivity index (χ0n) is 21.5. The van der Waals surface area contributed by atoms with Crippen LogP contribution in [-0.4, -0.2) is 30.4 Å². The predicted molar refractivity (Wildman–Crippen MR) is 158 cm³/mol. The Morgan fingerprint density at radius 3 is 2.54 bits per heavy atom. The summed E-state index contributed by atoms with van der Waals surface area (Å²) in [5.41, 5.74) is 4.48. The van der Waals surface area contributed by atoms with Gasteiger partial charge in [0.2, 0.25) is 5.91 Å². The van der Waals surface area contributed by atoms with Gasteiger partial charge in [0.05, 0.1) is 5.02 Å². The highest BCUT2D eigenvalue weighted by Crippen LogP contribution is 2.31. The van der Waals surface area contributed by atoms with E-state index >= 15 is 0 Å². The molecule has 0 radical (unpaired) electrons. The van der Waals surface area contributed by atoms with Crippen molar-refractivity contribution in [2.45, 2.75) is 13.5 Å². The molecule has 3 aromatic carbocycles. The highest BCUT2D eigenvalue weighted by molar-refractivity contribution is 6.36. The monoisotopic (exact) mass is 559 g/mol. The molecule has 1 aromatic heterocycles. The van der Waals surface area contributed by atoms with E-state index in [1.165, 1.54) is 6.08 Å². The summed E-state index contributed by atoms with van der Waals surface area (Å²) >= 11 is 13.1. The van der Waals surface area contributed by atoms with Crippen molar-refractivity contribution in [3.63, 3.8) is 0 Å². The minimum absolute atomic E-state index is 0.160. The maximum absolute atomic E-state index is 12.2. The van der Waals surface area contributed by atoms with Crippen molar-refractivity contribution in [2.75, 3.05) is 13.6 Å². The second kappa shape index (κ2) is 13.1. The number of benzene rings is 3. The molecule has 4 aromatic rings. The summed E-state index contributed by atoms with van der Waals surface area (Å²) in [5.74, 6) is 0.250. The maximum Gasteiger partial charge on any atom is 0.251 e. The van der Waals surface area contributed by atoms with Crippen LogP contribution in [0.4, 0.5) is 0 Å². The first-order valence-corrected chi connectivity index (χ1v) is 13.0. The van der Waals surface area contributed by atoms with Gasteiger partial charge in [0.25, 0.3) is 5.91 Å². The number of hydrogen-bond acceptors (Lipinski definition) is 4. The highest BCUT2D eigenvalue weighted by atomic mass is 35.5. The minimum Gasteiger partial charge on any atom is -0.487 e. The van der Waals surface area contributed by atoms with Crippen molar-refractivity contribution >= 4 is 58.1 Å². The number of hydrogen-bond donors (Lipinski definition) is 2. The fourth-order valence-electron chi connectivity index (χ4n) is 3.83. The summed E-state index contributed by atoms with van der Waals surface area (Å²) in [6, 6.07) is 20.3. The fourth-order valence-corrected chi connectivity index (χ4v) is 4.37. The van der Waals surface area contributed by atoms with E-state index in [4.69, 9.17) is 27.9 Å². The summed E-state index contributed by atoms with van der Waals surface area (Å²) in [5, 5.41) is 7.34. The summed E-state index contributed by atoms with van der Waals surface area (Å²) < 4.78 is 6.08. The van der Waals surface area contributed by atoms with Crippen LogP contribution in [0.3, 0.4) is 0 Å². The Hall–Kier alpha value is -4.13.